The van der Waals surface area contributed by atoms with Gasteiger partial charge in [0, 0.05) is 23.4 Å². The van der Waals surface area contributed by atoms with E-state index in [4.69, 9.17) is 0 Å². The van der Waals surface area contributed by atoms with Crippen molar-refractivity contribution < 1.29 is 9.31 Å². The largest absolute Gasteiger partial charge is 0.382 e. The fourth-order valence-corrected chi connectivity index (χ4v) is 2.21. The van der Waals surface area contributed by atoms with Crippen LogP contribution in [0.15, 0.2) is 42.5 Å². The van der Waals surface area contributed by atoms with Crippen LogP contribution < -0.4 is 5.32 Å². The molecule has 0 amide bonds. The number of halogens is 1. The van der Waals surface area contributed by atoms with E-state index < -0.39 is 0 Å². The maximum atomic E-state index is 12.8. The minimum atomic E-state index is -0.384. The highest BCUT2D eigenvalue weighted by molar-refractivity contribution is 5.55. The number of nitrogens with zero attached hydrogens (tertiary/aromatic N) is 1. The Morgan fingerprint density at radius 2 is 1.90 bits per heavy atom. The fourth-order valence-electron chi connectivity index (χ4n) is 2.21. The molecule has 21 heavy (non-hydrogen) atoms. The van der Waals surface area contributed by atoms with E-state index in [1.54, 1.807) is 25.1 Å². The van der Waals surface area contributed by atoms with E-state index in [0.717, 1.165) is 5.56 Å². The molecule has 110 valence electrons. The summed E-state index contributed by atoms with van der Waals surface area (Å²) in [6.45, 7) is 3.69. The zero-order chi connectivity index (χ0) is 15.4. The predicted molar refractivity (Wildman–Crippen MR) is 81.0 cm³/mol. The van der Waals surface area contributed by atoms with Crippen LogP contribution in [-0.2, 0) is 6.42 Å². The number of nitrogens with one attached hydrogen (secondary N) is 1. The number of anilines is 1. The fraction of sp³-hybridized carbons (Fsp3) is 0.250. The molecule has 0 aliphatic heterocycles. The summed E-state index contributed by atoms with van der Waals surface area (Å²) in [5.41, 5.74) is 2.46. The van der Waals surface area contributed by atoms with Crippen molar-refractivity contribution in [3.05, 3.63) is 69.5 Å². The van der Waals surface area contributed by atoms with E-state index in [2.05, 4.69) is 5.32 Å². The molecule has 1 N–H and O–H groups in total. The lowest BCUT2D eigenvalue weighted by atomic mass is 10.1. The van der Waals surface area contributed by atoms with Gasteiger partial charge in [0.1, 0.15) is 5.82 Å². The number of rotatable bonds is 5. The molecule has 5 heteroatoms. The van der Waals surface area contributed by atoms with Crippen molar-refractivity contribution >= 4 is 11.4 Å². The summed E-state index contributed by atoms with van der Waals surface area (Å²) in [5, 5.41) is 14.2. The number of benzene rings is 2. The molecule has 2 aromatic rings. The van der Waals surface area contributed by atoms with Crippen LogP contribution in [0.2, 0.25) is 0 Å². The van der Waals surface area contributed by atoms with Crippen LogP contribution in [0.4, 0.5) is 15.8 Å². The molecule has 2 rings (SSSR count). The predicted octanol–water partition coefficient (Wildman–Crippen LogP) is 4.09. The van der Waals surface area contributed by atoms with E-state index in [1.807, 2.05) is 13.0 Å². The van der Waals surface area contributed by atoms with Crippen molar-refractivity contribution in [1.82, 2.24) is 0 Å². The normalized spacial score (nSPS) is 12.0. The third-order valence-corrected chi connectivity index (χ3v) is 3.27. The number of nitro benzene ring substituents is 1. The SMILES string of the molecule is Cc1ccc(NC(C)Cc2ccc(F)cc2)cc1[N+](=O)[O-]. The molecule has 0 bridgehead atoms. The minimum absolute atomic E-state index is 0.0813. The van der Waals surface area contributed by atoms with Crippen molar-refractivity contribution in [3.8, 4) is 0 Å². The number of nitro groups is 1. The molecule has 0 aliphatic rings. The van der Waals surface area contributed by atoms with Crippen molar-refractivity contribution in [1.29, 1.82) is 0 Å². The Bertz CT molecular complexity index is 641. The van der Waals surface area contributed by atoms with Gasteiger partial charge in [0.25, 0.3) is 5.69 Å². The Balaban J connectivity index is 2.05. The average molecular weight is 288 g/mol. The Hall–Kier alpha value is -2.43. The van der Waals surface area contributed by atoms with Crippen LogP contribution in [0, 0.1) is 22.9 Å². The van der Waals surface area contributed by atoms with Crippen LogP contribution >= 0.6 is 0 Å². The third-order valence-electron chi connectivity index (χ3n) is 3.27. The van der Waals surface area contributed by atoms with Gasteiger partial charge >= 0.3 is 0 Å². The van der Waals surface area contributed by atoms with E-state index in [1.165, 1.54) is 18.2 Å². The van der Waals surface area contributed by atoms with E-state index in [0.29, 0.717) is 17.7 Å². The van der Waals surface area contributed by atoms with Gasteiger partial charge in [-0.2, -0.15) is 0 Å². The van der Waals surface area contributed by atoms with Crippen LogP contribution in [0.1, 0.15) is 18.1 Å². The van der Waals surface area contributed by atoms with Gasteiger partial charge in [0.2, 0.25) is 0 Å². The lowest BCUT2D eigenvalue weighted by Gasteiger charge is -2.15. The first-order valence-corrected chi connectivity index (χ1v) is 6.71. The van der Waals surface area contributed by atoms with Gasteiger partial charge in [0.05, 0.1) is 4.92 Å². The zero-order valence-electron chi connectivity index (χ0n) is 12.0. The average Bonchev–Trinajstić information content (AvgIpc) is 2.43. The molecule has 0 aliphatic carbocycles. The summed E-state index contributed by atoms with van der Waals surface area (Å²) in [6, 6.07) is 11.5. The topological polar surface area (TPSA) is 55.2 Å². The molecule has 0 fully saturated rings. The van der Waals surface area contributed by atoms with Gasteiger partial charge in [-0.05, 0) is 44.0 Å². The highest BCUT2D eigenvalue weighted by Crippen LogP contribution is 2.23. The first kappa shape index (κ1) is 15.0. The standard InChI is InChI=1S/C16H17FN2O2/c1-11-3-8-15(10-16(11)19(20)21)18-12(2)9-13-4-6-14(17)7-5-13/h3-8,10,12,18H,9H2,1-2H3. The van der Waals surface area contributed by atoms with Crippen LogP contribution in [0.3, 0.4) is 0 Å². The summed E-state index contributed by atoms with van der Waals surface area (Å²) in [5.74, 6) is -0.256. The molecule has 0 saturated heterocycles. The van der Waals surface area contributed by atoms with Crippen molar-refractivity contribution in [2.75, 3.05) is 5.32 Å². The van der Waals surface area contributed by atoms with E-state index in [9.17, 15) is 14.5 Å². The van der Waals surface area contributed by atoms with Gasteiger partial charge in [-0.25, -0.2) is 4.39 Å². The Morgan fingerprint density at radius 1 is 1.24 bits per heavy atom. The Kier molecular flexibility index (Phi) is 4.52. The summed E-state index contributed by atoms with van der Waals surface area (Å²) in [4.78, 5) is 10.5. The van der Waals surface area contributed by atoms with E-state index in [-0.39, 0.29) is 22.5 Å². The number of hydrogen-bond donors (Lipinski definition) is 1. The molecule has 0 heterocycles. The van der Waals surface area contributed by atoms with Crippen molar-refractivity contribution in [2.24, 2.45) is 0 Å². The lowest BCUT2D eigenvalue weighted by molar-refractivity contribution is -0.385. The molecule has 4 nitrogen and oxygen atoms in total. The number of aryl methyl sites for hydroxylation is 1. The summed E-state index contributed by atoms with van der Waals surface area (Å²) in [7, 11) is 0. The molecule has 0 radical (unpaired) electrons. The quantitative estimate of drug-likeness (QED) is 0.666. The second kappa shape index (κ2) is 6.35. The molecular formula is C16H17FN2O2. The van der Waals surface area contributed by atoms with Gasteiger partial charge in [0.15, 0.2) is 0 Å². The van der Waals surface area contributed by atoms with Gasteiger partial charge in [-0.3, -0.25) is 10.1 Å². The van der Waals surface area contributed by atoms with Crippen LogP contribution in [0.5, 0.6) is 0 Å². The summed E-state index contributed by atoms with van der Waals surface area (Å²) >= 11 is 0. The second-order valence-electron chi connectivity index (χ2n) is 5.13. The highest BCUT2D eigenvalue weighted by Gasteiger charge is 2.12. The lowest BCUT2D eigenvalue weighted by Crippen LogP contribution is -2.18. The minimum Gasteiger partial charge on any atom is -0.382 e. The molecule has 1 unspecified atom stereocenters. The molecule has 2 aromatic carbocycles. The second-order valence-corrected chi connectivity index (χ2v) is 5.13. The van der Waals surface area contributed by atoms with Crippen LogP contribution in [0.25, 0.3) is 0 Å². The van der Waals surface area contributed by atoms with Gasteiger partial charge in [-0.1, -0.05) is 18.2 Å². The molecule has 0 spiro atoms. The zero-order valence-corrected chi connectivity index (χ0v) is 12.0. The van der Waals surface area contributed by atoms with Crippen molar-refractivity contribution in [3.63, 3.8) is 0 Å². The summed E-state index contributed by atoms with van der Waals surface area (Å²) < 4.78 is 12.8. The maximum absolute atomic E-state index is 12.8. The molecule has 0 aromatic heterocycles. The first-order chi connectivity index (χ1) is 9.95. The first-order valence-electron chi connectivity index (χ1n) is 6.71. The molecule has 1 atom stereocenters. The summed E-state index contributed by atoms with van der Waals surface area (Å²) in [6.07, 6.45) is 0.710. The van der Waals surface area contributed by atoms with Gasteiger partial charge in [-0.15, -0.1) is 0 Å². The van der Waals surface area contributed by atoms with Crippen molar-refractivity contribution in [2.45, 2.75) is 26.3 Å². The Morgan fingerprint density at radius 3 is 2.52 bits per heavy atom. The molecular weight excluding hydrogens is 271 g/mol. The highest BCUT2D eigenvalue weighted by atomic mass is 19.1. The third kappa shape index (κ3) is 4.02. The monoisotopic (exact) mass is 288 g/mol. The Labute approximate surface area is 122 Å². The number of hydrogen-bond acceptors (Lipinski definition) is 3. The molecule has 0 saturated carbocycles. The van der Waals surface area contributed by atoms with Gasteiger partial charge < -0.3 is 5.32 Å². The van der Waals surface area contributed by atoms with Crippen LogP contribution in [-0.4, -0.2) is 11.0 Å². The van der Waals surface area contributed by atoms with E-state index >= 15 is 0 Å². The maximum Gasteiger partial charge on any atom is 0.274 e. The smallest absolute Gasteiger partial charge is 0.274 e.